The molecule has 2 aromatic rings. The SMILES string of the molecule is O=C1CC(C=C(F)F)CN1Cc1c(C(F)(F)F)nc2ccc(OC3CC3)nn12. The number of amides is 1. The van der Waals surface area contributed by atoms with Crippen LogP contribution in [-0.2, 0) is 17.5 Å². The van der Waals surface area contributed by atoms with E-state index in [1.807, 2.05) is 0 Å². The number of hydrogen-bond acceptors (Lipinski definition) is 4. The van der Waals surface area contributed by atoms with Crippen LogP contribution < -0.4 is 4.74 Å². The van der Waals surface area contributed by atoms with Crippen LogP contribution in [0.3, 0.4) is 0 Å². The summed E-state index contributed by atoms with van der Waals surface area (Å²) in [6, 6.07) is 2.80. The topological polar surface area (TPSA) is 59.7 Å². The van der Waals surface area contributed by atoms with Crippen molar-refractivity contribution in [1.82, 2.24) is 19.5 Å². The van der Waals surface area contributed by atoms with Gasteiger partial charge in [-0.1, -0.05) is 0 Å². The molecule has 0 aromatic carbocycles. The zero-order valence-corrected chi connectivity index (χ0v) is 14.4. The Kier molecular flexibility index (Phi) is 4.47. The van der Waals surface area contributed by atoms with Crippen molar-refractivity contribution in [3.63, 3.8) is 0 Å². The van der Waals surface area contributed by atoms with Gasteiger partial charge < -0.3 is 9.64 Å². The molecule has 4 rings (SSSR count). The molecule has 0 N–H and O–H groups in total. The molecule has 3 heterocycles. The number of likely N-dealkylation sites (tertiary alicyclic amines) is 1. The minimum Gasteiger partial charge on any atom is -0.473 e. The van der Waals surface area contributed by atoms with E-state index in [-0.39, 0.29) is 36.3 Å². The Labute approximate surface area is 155 Å². The molecule has 1 aliphatic heterocycles. The highest BCUT2D eigenvalue weighted by molar-refractivity contribution is 5.79. The van der Waals surface area contributed by atoms with Gasteiger partial charge in [0.25, 0.3) is 6.08 Å². The summed E-state index contributed by atoms with van der Waals surface area (Å²) < 4.78 is 71.9. The quantitative estimate of drug-likeness (QED) is 0.720. The van der Waals surface area contributed by atoms with E-state index in [1.54, 1.807) is 0 Å². The van der Waals surface area contributed by atoms with Crippen LogP contribution in [0.5, 0.6) is 5.88 Å². The third-order valence-electron chi connectivity index (χ3n) is 4.57. The Morgan fingerprint density at radius 2 is 2.04 bits per heavy atom. The number of alkyl halides is 3. The van der Waals surface area contributed by atoms with Crippen molar-refractivity contribution in [2.45, 2.75) is 38.1 Å². The molecule has 28 heavy (non-hydrogen) atoms. The van der Waals surface area contributed by atoms with Crippen molar-refractivity contribution in [3.05, 3.63) is 35.7 Å². The second-order valence-corrected chi connectivity index (χ2v) is 6.86. The molecule has 0 spiro atoms. The maximum atomic E-state index is 13.5. The third kappa shape index (κ3) is 3.78. The summed E-state index contributed by atoms with van der Waals surface area (Å²) in [5, 5.41) is 4.09. The van der Waals surface area contributed by atoms with Gasteiger partial charge in [0.05, 0.1) is 12.2 Å². The molecule has 11 heteroatoms. The van der Waals surface area contributed by atoms with Gasteiger partial charge in [-0.05, 0) is 25.0 Å². The smallest absolute Gasteiger partial charge is 0.435 e. The van der Waals surface area contributed by atoms with Crippen LogP contribution >= 0.6 is 0 Å². The Balaban J connectivity index is 1.69. The minimum absolute atomic E-state index is 0.00214. The van der Waals surface area contributed by atoms with Gasteiger partial charge in [-0.15, -0.1) is 5.10 Å². The van der Waals surface area contributed by atoms with Crippen LogP contribution in [0.25, 0.3) is 5.65 Å². The molecule has 2 aliphatic rings. The predicted octanol–water partition coefficient (Wildman–Crippen LogP) is 3.42. The zero-order chi connectivity index (χ0) is 20.1. The normalized spacial score (nSPS) is 20.1. The van der Waals surface area contributed by atoms with Crippen molar-refractivity contribution in [2.75, 3.05) is 6.54 Å². The number of ether oxygens (including phenoxy) is 1. The van der Waals surface area contributed by atoms with Crippen LogP contribution in [0.1, 0.15) is 30.7 Å². The fourth-order valence-corrected chi connectivity index (χ4v) is 3.18. The lowest BCUT2D eigenvalue weighted by molar-refractivity contribution is -0.142. The monoisotopic (exact) mass is 402 g/mol. The second-order valence-electron chi connectivity index (χ2n) is 6.86. The largest absolute Gasteiger partial charge is 0.473 e. The lowest BCUT2D eigenvalue weighted by atomic mass is 10.1. The summed E-state index contributed by atoms with van der Waals surface area (Å²) in [4.78, 5) is 16.8. The van der Waals surface area contributed by atoms with Crippen LogP contribution in [0, 0.1) is 5.92 Å². The summed E-state index contributed by atoms with van der Waals surface area (Å²) in [5.74, 6) is -1.08. The Morgan fingerprint density at radius 1 is 1.29 bits per heavy atom. The zero-order valence-electron chi connectivity index (χ0n) is 14.4. The standard InChI is InChI=1S/C17H15F5N4O2/c18-12(19)5-9-6-15(27)25(7-9)8-11-16(17(20,21)22)23-13-3-4-14(24-26(11)13)28-10-1-2-10/h3-5,9-10H,1-2,6-8H2. The van der Waals surface area contributed by atoms with E-state index in [0.717, 1.165) is 22.3 Å². The average Bonchev–Trinajstić information content (AvgIpc) is 3.23. The first kappa shape index (κ1) is 18.6. The molecule has 150 valence electrons. The van der Waals surface area contributed by atoms with Crippen LogP contribution in [0.15, 0.2) is 24.3 Å². The first-order valence-corrected chi connectivity index (χ1v) is 8.64. The molecule has 1 amide bonds. The first-order valence-electron chi connectivity index (χ1n) is 8.64. The lowest BCUT2D eigenvalue weighted by Gasteiger charge is -2.17. The van der Waals surface area contributed by atoms with E-state index in [0.29, 0.717) is 6.08 Å². The van der Waals surface area contributed by atoms with Gasteiger partial charge in [-0.25, -0.2) is 9.50 Å². The van der Waals surface area contributed by atoms with Crippen LogP contribution in [0.4, 0.5) is 22.0 Å². The number of imidazole rings is 1. The van der Waals surface area contributed by atoms with E-state index < -0.39 is 36.3 Å². The van der Waals surface area contributed by atoms with Crippen molar-refractivity contribution < 1.29 is 31.5 Å². The molecule has 1 aliphatic carbocycles. The van der Waals surface area contributed by atoms with Crippen LogP contribution in [-0.4, -0.2) is 38.1 Å². The molecule has 1 saturated heterocycles. The van der Waals surface area contributed by atoms with Crippen molar-refractivity contribution in [3.8, 4) is 5.88 Å². The molecule has 2 aromatic heterocycles. The fraction of sp³-hybridized carbons (Fsp3) is 0.471. The number of aromatic nitrogens is 3. The van der Waals surface area contributed by atoms with Crippen molar-refractivity contribution in [2.24, 2.45) is 5.92 Å². The minimum atomic E-state index is -4.76. The highest BCUT2D eigenvalue weighted by atomic mass is 19.4. The molecule has 6 nitrogen and oxygen atoms in total. The van der Waals surface area contributed by atoms with Gasteiger partial charge in [-0.2, -0.15) is 22.0 Å². The van der Waals surface area contributed by atoms with Gasteiger partial charge in [0.15, 0.2) is 11.3 Å². The molecule has 1 saturated carbocycles. The van der Waals surface area contributed by atoms with E-state index in [1.165, 1.54) is 12.1 Å². The lowest BCUT2D eigenvalue weighted by Crippen LogP contribution is -2.27. The number of carbonyl (C=O) groups is 1. The average molecular weight is 402 g/mol. The Morgan fingerprint density at radius 3 is 2.68 bits per heavy atom. The summed E-state index contributed by atoms with van der Waals surface area (Å²) in [7, 11) is 0. The molecular formula is C17H15F5N4O2. The number of fused-ring (bicyclic) bond motifs is 1. The highest BCUT2D eigenvalue weighted by Gasteiger charge is 2.40. The second kappa shape index (κ2) is 6.71. The molecule has 0 radical (unpaired) electrons. The molecule has 1 unspecified atom stereocenters. The van der Waals surface area contributed by atoms with Gasteiger partial charge in [-0.3, -0.25) is 4.79 Å². The summed E-state index contributed by atoms with van der Waals surface area (Å²) in [5.41, 5.74) is -1.53. The van der Waals surface area contributed by atoms with E-state index >= 15 is 0 Å². The summed E-state index contributed by atoms with van der Waals surface area (Å²) >= 11 is 0. The predicted molar refractivity (Wildman–Crippen MR) is 85.5 cm³/mol. The number of rotatable bonds is 5. The first-order chi connectivity index (χ1) is 13.2. The third-order valence-corrected chi connectivity index (χ3v) is 4.57. The molecular weight excluding hydrogens is 387 g/mol. The van der Waals surface area contributed by atoms with E-state index in [9.17, 15) is 26.7 Å². The van der Waals surface area contributed by atoms with Gasteiger partial charge in [0, 0.05) is 24.9 Å². The molecule has 2 fully saturated rings. The van der Waals surface area contributed by atoms with Gasteiger partial charge in [0.2, 0.25) is 11.8 Å². The fourth-order valence-electron chi connectivity index (χ4n) is 3.18. The molecule has 0 bridgehead atoms. The Hall–Kier alpha value is -2.72. The number of nitrogens with zero attached hydrogens (tertiary/aromatic N) is 4. The van der Waals surface area contributed by atoms with E-state index in [4.69, 9.17) is 4.74 Å². The van der Waals surface area contributed by atoms with Gasteiger partial charge in [0.1, 0.15) is 6.10 Å². The Bertz CT molecular complexity index is 947. The van der Waals surface area contributed by atoms with Crippen molar-refractivity contribution in [1.29, 1.82) is 0 Å². The maximum Gasteiger partial charge on any atom is 0.435 e. The summed E-state index contributed by atoms with van der Waals surface area (Å²) in [6.45, 7) is -0.536. The van der Waals surface area contributed by atoms with E-state index in [2.05, 4.69) is 10.1 Å². The van der Waals surface area contributed by atoms with Crippen LogP contribution in [0.2, 0.25) is 0 Å². The maximum absolute atomic E-state index is 13.5. The number of hydrogen-bond donors (Lipinski definition) is 0. The highest BCUT2D eigenvalue weighted by Crippen LogP contribution is 2.34. The number of halogens is 5. The van der Waals surface area contributed by atoms with Gasteiger partial charge >= 0.3 is 6.18 Å². The summed E-state index contributed by atoms with van der Waals surface area (Å²) in [6.07, 6.45) is -4.50. The number of carbonyl (C=O) groups excluding carboxylic acids is 1. The molecule has 1 atom stereocenters. The van der Waals surface area contributed by atoms with Crippen molar-refractivity contribution >= 4 is 11.6 Å².